The molecule has 0 spiro atoms. The second-order valence-corrected chi connectivity index (χ2v) is 6.88. The van der Waals surface area contributed by atoms with Crippen molar-refractivity contribution in [3.63, 3.8) is 0 Å². The molecule has 1 atom stereocenters. The first-order valence-electron chi connectivity index (χ1n) is 9.12. The lowest BCUT2D eigenvalue weighted by molar-refractivity contribution is -0.137. The van der Waals surface area contributed by atoms with Gasteiger partial charge in [0.15, 0.2) is 6.10 Å². The molecule has 3 rings (SSSR count). The molecule has 1 aliphatic rings. The third-order valence-corrected chi connectivity index (χ3v) is 4.74. The number of amides is 1. The summed E-state index contributed by atoms with van der Waals surface area (Å²) in [5, 5.41) is 12.0. The van der Waals surface area contributed by atoms with Crippen LogP contribution in [0.5, 0.6) is 5.75 Å². The number of ether oxygens (including phenoxy) is 1. The Kier molecular flexibility index (Phi) is 5.48. The van der Waals surface area contributed by atoms with Crippen molar-refractivity contribution in [2.75, 3.05) is 6.54 Å². The quantitative estimate of drug-likeness (QED) is 0.753. The summed E-state index contributed by atoms with van der Waals surface area (Å²) in [6, 6.07) is 3.63. The van der Waals surface area contributed by atoms with Gasteiger partial charge in [0.1, 0.15) is 11.3 Å². The number of fused-ring (bicyclic) bond motifs is 3. The highest BCUT2D eigenvalue weighted by Crippen LogP contribution is 2.35. The van der Waals surface area contributed by atoms with E-state index in [1.807, 2.05) is 13.0 Å². The van der Waals surface area contributed by atoms with Gasteiger partial charge in [-0.2, -0.15) is 0 Å². The lowest BCUT2D eigenvalue weighted by atomic mass is 9.90. The molecular weight excluding hydrogens is 350 g/mol. The van der Waals surface area contributed by atoms with Gasteiger partial charge in [0.2, 0.25) is 0 Å². The maximum atomic E-state index is 12.3. The van der Waals surface area contributed by atoms with E-state index in [0.717, 1.165) is 35.8 Å². The molecule has 0 saturated carbocycles. The van der Waals surface area contributed by atoms with Gasteiger partial charge >= 0.3 is 11.6 Å². The third kappa shape index (κ3) is 4.13. The van der Waals surface area contributed by atoms with Crippen LogP contribution in [0.25, 0.3) is 11.0 Å². The fourth-order valence-electron chi connectivity index (χ4n) is 3.44. The van der Waals surface area contributed by atoms with Gasteiger partial charge < -0.3 is 19.6 Å². The maximum absolute atomic E-state index is 12.3. The van der Waals surface area contributed by atoms with Crippen LogP contribution in [-0.2, 0) is 22.4 Å². The van der Waals surface area contributed by atoms with Crippen LogP contribution in [0.1, 0.15) is 42.9 Å². The molecule has 1 amide bonds. The van der Waals surface area contributed by atoms with Crippen molar-refractivity contribution in [3.8, 4) is 5.75 Å². The second kappa shape index (κ2) is 7.82. The molecule has 1 aromatic carbocycles. The molecule has 0 fully saturated rings. The van der Waals surface area contributed by atoms with Gasteiger partial charge in [0.25, 0.3) is 5.91 Å². The van der Waals surface area contributed by atoms with Crippen LogP contribution in [0.2, 0.25) is 0 Å². The van der Waals surface area contributed by atoms with Gasteiger partial charge in [0.05, 0.1) is 11.8 Å². The highest BCUT2D eigenvalue weighted by Gasteiger charge is 2.23. The van der Waals surface area contributed by atoms with Crippen molar-refractivity contribution >= 4 is 22.8 Å². The zero-order valence-corrected chi connectivity index (χ0v) is 15.5. The normalized spacial score (nSPS) is 14.4. The van der Waals surface area contributed by atoms with E-state index in [1.165, 1.54) is 0 Å². The van der Waals surface area contributed by atoms with Crippen LogP contribution >= 0.6 is 0 Å². The first kappa shape index (κ1) is 18.9. The molecule has 0 unspecified atom stereocenters. The van der Waals surface area contributed by atoms with Crippen molar-refractivity contribution in [2.24, 2.45) is 0 Å². The van der Waals surface area contributed by atoms with Gasteiger partial charge in [-0.1, -0.05) is 0 Å². The fourth-order valence-corrected chi connectivity index (χ4v) is 3.44. The molecule has 1 aromatic heterocycles. The number of rotatable bonds is 6. The van der Waals surface area contributed by atoms with Gasteiger partial charge in [-0.05, 0) is 62.8 Å². The standard InChI is InChI=1S/C20H23NO6/c1-11-9-15(26-12(2)19(24)21-8-7-17(22)23)18-13-5-3-4-6-14(13)20(25)27-16(18)10-11/h9-10,12H,3-8H2,1-2H3,(H,21,24)(H,22,23)/t12-/m0/s1. The number of nitrogens with one attached hydrogen (secondary N) is 1. The molecule has 144 valence electrons. The summed E-state index contributed by atoms with van der Waals surface area (Å²) in [5.74, 6) is -0.861. The molecule has 0 saturated heterocycles. The second-order valence-electron chi connectivity index (χ2n) is 6.88. The maximum Gasteiger partial charge on any atom is 0.339 e. The smallest absolute Gasteiger partial charge is 0.339 e. The average Bonchev–Trinajstić information content (AvgIpc) is 2.60. The van der Waals surface area contributed by atoms with Crippen LogP contribution in [0.4, 0.5) is 0 Å². The first-order valence-corrected chi connectivity index (χ1v) is 9.12. The molecule has 0 aliphatic heterocycles. The van der Waals surface area contributed by atoms with Crippen molar-refractivity contribution < 1.29 is 23.8 Å². The Bertz CT molecular complexity index is 946. The Labute approximate surface area is 156 Å². The van der Waals surface area contributed by atoms with E-state index in [-0.39, 0.29) is 18.6 Å². The predicted octanol–water partition coefficient (Wildman–Crippen LogP) is 2.34. The molecule has 7 nitrogen and oxygen atoms in total. The van der Waals surface area contributed by atoms with Crippen LogP contribution in [-0.4, -0.2) is 29.6 Å². The molecule has 0 radical (unpaired) electrons. The minimum atomic E-state index is -0.977. The number of aliphatic carboxylic acids is 1. The molecule has 7 heteroatoms. The first-order chi connectivity index (χ1) is 12.9. The Morgan fingerprint density at radius 3 is 2.67 bits per heavy atom. The van der Waals surface area contributed by atoms with E-state index in [0.29, 0.717) is 23.3 Å². The number of hydrogen-bond acceptors (Lipinski definition) is 5. The Balaban J connectivity index is 1.93. The number of carboxylic acids is 1. The summed E-state index contributed by atoms with van der Waals surface area (Å²) >= 11 is 0. The van der Waals surface area contributed by atoms with Crippen molar-refractivity contribution in [1.29, 1.82) is 0 Å². The number of benzene rings is 1. The summed E-state index contributed by atoms with van der Waals surface area (Å²) in [4.78, 5) is 35.0. The monoisotopic (exact) mass is 373 g/mol. The number of aryl methyl sites for hydroxylation is 2. The van der Waals surface area contributed by atoms with Gasteiger partial charge in [-0.25, -0.2) is 4.79 Å². The fraction of sp³-hybridized carbons (Fsp3) is 0.450. The Morgan fingerprint density at radius 1 is 1.26 bits per heavy atom. The lowest BCUT2D eigenvalue weighted by Gasteiger charge is -2.21. The highest BCUT2D eigenvalue weighted by atomic mass is 16.5. The van der Waals surface area contributed by atoms with Crippen LogP contribution in [0.15, 0.2) is 21.3 Å². The van der Waals surface area contributed by atoms with E-state index in [1.54, 1.807) is 13.0 Å². The Hall–Kier alpha value is -2.83. The summed E-state index contributed by atoms with van der Waals surface area (Å²) in [6.07, 6.45) is 2.44. The summed E-state index contributed by atoms with van der Waals surface area (Å²) in [7, 11) is 0. The summed E-state index contributed by atoms with van der Waals surface area (Å²) in [6.45, 7) is 3.51. The largest absolute Gasteiger partial charge is 0.481 e. The molecule has 1 aliphatic carbocycles. The van der Waals surface area contributed by atoms with E-state index >= 15 is 0 Å². The van der Waals surface area contributed by atoms with Crippen molar-refractivity contribution in [1.82, 2.24) is 5.32 Å². The van der Waals surface area contributed by atoms with E-state index in [2.05, 4.69) is 5.32 Å². The van der Waals surface area contributed by atoms with Gasteiger partial charge in [0, 0.05) is 12.1 Å². The average molecular weight is 373 g/mol. The van der Waals surface area contributed by atoms with E-state index in [4.69, 9.17) is 14.3 Å². The molecule has 2 N–H and O–H groups in total. The van der Waals surface area contributed by atoms with E-state index < -0.39 is 18.0 Å². The predicted molar refractivity (Wildman–Crippen MR) is 99.2 cm³/mol. The zero-order chi connectivity index (χ0) is 19.6. The van der Waals surface area contributed by atoms with E-state index in [9.17, 15) is 14.4 Å². The van der Waals surface area contributed by atoms with Gasteiger partial charge in [-0.15, -0.1) is 0 Å². The molecule has 27 heavy (non-hydrogen) atoms. The topological polar surface area (TPSA) is 106 Å². The molecule has 2 aromatic rings. The zero-order valence-electron chi connectivity index (χ0n) is 15.5. The van der Waals surface area contributed by atoms with Crippen molar-refractivity contribution in [3.05, 3.63) is 39.2 Å². The summed E-state index contributed by atoms with van der Waals surface area (Å²) in [5.41, 5.74) is 2.67. The number of hydrogen-bond donors (Lipinski definition) is 2. The highest BCUT2D eigenvalue weighted by molar-refractivity contribution is 5.89. The van der Waals surface area contributed by atoms with Gasteiger partial charge in [-0.3, -0.25) is 9.59 Å². The van der Waals surface area contributed by atoms with Crippen molar-refractivity contribution in [2.45, 2.75) is 52.1 Å². The minimum absolute atomic E-state index is 0.0424. The van der Waals surface area contributed by atoms with Crippen LogP contribution in [0.3, 0.4) is 0 Å². The molecular formula is C20H23NO6. The number of carboxylic acid groups (broad SMARTS) is 1. The summed E-state index contributed by atoms with van der Waals surface area (Å²) < 4.78 is 11.4. The molecule has 0 bridgehead atoms. The Morgan fingerprint density at radius 2 is 1.96 bits per heavy atom. The molecule has 1 heterocycles. The number of carbonyl (C=O) groups excluding carboxylic acids is 1. The minimum Gasteiger partial charge on any atom is -0.481 e. The number of carbonyl (C=O) groups is 2. The lowest BCUT2D eigenvalue weighted by Crippen LogP contribution is -2.37. The SMILES string of the molecule is Cc1cc(O[C@@H](C)C(=O)NCCC(=O)O)c2c3c(c(=O)oc2c1)CCCC3. The van der Waals surface area contributed by atoms with Crippen LogP contribution in [0, 0.1) is 6.92 Å². The third-order valence-electron chi connectivity index (χ3n) is 4.74. The van der Waals surface area contributed by atoms with Crippen LogP contribution < -0.4 is 15.7 Å².